The molecule has 0 saturated carbocycles. The van der Waals surface area contributed by atoms with Crippen molar-refractivity contribution in [2.24, 2.45) is 0 Å². The third-order valence-corrected chi connectivity index (χ3v) is 9.17. The molecule has 3 heteroatoms. The van der Waals surface area contributed by atoms with Crippen molar-refractivity contribution in [3.05, 3.63) is 115 Å². The number of rotatable bonds is 1. The molecule has 2 nitrogen and oxygen atoms in total. The van der Waals surface area contributed by atoms with Gasteiger partial charge in [-0.1, -0.05) is 66.7 Å². The van der Waals surface area contributed by atoms with Gasteiger partial charge < -0.3 is 4.57 Å². The Morgan fingerprint density at radius 3 is 1.62 bits per heavy atom. The molecule has 0 spiro atoms. The number of para-hydroxylation sites is 1. The average Bonchev–Trinajstić information content (AvgIpc) is 3.44. The van der Waals surface area contributed by atoms with Crippen LogP contribution in [0, 0.1) is 0 Å². The van der Waals surface area contributed by atoms with E-state index in [1.165, 1.54) is 81.6 Å². The summed E-state index contributed by atoms with van der Waals surface area (Å²) < 4.78 is 4.78. The van der Waals surface area contributed by atoms with Gasteiger partial charge >= 0.3 is 0 Å². The van der Waals surface area contributed by atoms with Crippen molar-refractivity contribution in [1.82, 2.24) is 7.35 Å². The van der Waals surface area contributed by atoms with Gasteiger partial charge in [0.05, 0.1) is 44.9 Å². The second-order valence-electron chi connectivity index (χ2n) is 9.95. The van der Waals surface area contributed by atoms with E-state index in [1.54, 1.807) is 0 Å². The molecular formula is C34H19IN2. The molecule has 0 amide bonds. The third-order valence-electron chi connectivity index (χ3n) is 8.13. The van der Waals surface area contributed by atoms with Crippen LogP contribution in [-0.4, -0.2) is 7.35 Å². The number of aromatic nitrogens is 2. The summed E-state index contributed by atoms with van der Waals surface area (Å²) >= 11 is 2.48. The molecule has 172 valence electrons. The highest BCUT2D eigenvalue weighted by Crippen LogP contribution is 2.47. The van der Waals surface area contributed by atoms with E-state index in [-0.39, 0.29) is 0 Å². The van der Waals surface area contributed by atoms with Crippen LogP contribution in [0.5, 0.6) is 0 Å². The first-order chi connectivity index (χ1) is 18.3. The van der Waals surface area contributed by atoms with Crippen LogP contribution >= 0.6 is 22.9 Å². The molecule has 2 aromatic heterocycles. The van der Waals surface area contributed by atoms with Crippen molar-refractivity contribution in [2.45, 2.75) is 0 Å². The molecule has 0 aliphatic heterocycles. The lowest BCUT2D eigenvalue weighted by molar-refractivity contribution is 1.18. The lowest BCUT2D eigenvalue weighted by atomic mass is 9.93. The molecule has 9 rings (SSSR count). The Bertz CT molecular complexity index is 2360. The number of hydrogen-bond acceptors (Lipinski definition) is 0. The van der Waals surface area contributed by atoms with Crippen LogP contribution < -0.4 is 0 Å². The zero-order chi connectivity index (χ0) is 24.2. The van der Waals surface area contributed by atoms with Crippen molar-refractivity contribution in [1.29, 1.82) is 0 Å². The SMILES string of the molecule is In1c2cccc3c4cc5ccccc5cc4c4cccc5c4c4c(c32)c1ccc4n5-c1ccccc1. The zero-order valence-corrected chi connectivity index (χ0v) is 21.9. The van der Waals surface area contributed by atoms with Crippen LogP contribution in [0.15, 0.2) is 115 Å². The molecule has 2 heterocycles. The first kappa shape index (κ1) is 20.0. The largest absolute Gasteiger partial charge is 0.309 e. The second kappa shape index (κ2) is 7.02. The van der Waals surface area contributed by atoms with Gasteiger partial charge in [-0.3, -0.25) is 2.78 Å². The topological polar surface area (TPSA) is 9.86 Å². The Hall–Kier alpha value is -4.09. The maximum Gasteiger partial charge on any atom is 0.0646 e. The van der Waals surface area contributed by atoms with Gasteiger partial charge in [0.1, 0.15) is 0 Å². The molecule has 0 atom stereocenters. The maximum atomic E-state index is 2.48. The van der Waals surface area contributed by atoms with Gasteiger partial charge in [-0.2, -0.15) is 0 Å². The number of nitrogens with zero attached hydrogens (tertiary/aromatic N) is 2. The highest BCUT2D eigenvalue weighted by molar-refractivity contribution is 14.1. The van der Waals surface area contributed by atoms with Crippen LogP contribution in [0.1, 0.15) is 0 Å². The standard InChI is InChI=1S/C34H19IN2/c35-37-29-15-7-13-24-26-19-21-9-5-4-8-20(21)18-25(26)23-12-6-14-27-31(23)33-28(16-17-30(37)34(33)32(24)29)36(27)22-10-2-1-3-11-22/h1-19H. The zero-order valence-electron chi connectivity index (χ0n) is 19.7. The first-order valence-corrected chi connectivity index (χ1v) is 13.5. The summed E-state index contributed by atoms with van der Waals surface area (Å²) in [5.41, 5.74) is 6.22. The van der Waals surface area contributed by atoms with E-state index in [9.17, 15) is 0 Å². The molecule has 0 saturated heterocycles. The summed E-state index contributed by atoms with van der Waals surface area (Å²) in [6, 6.07) is 42.5. The lowest BCUT2D eigenvalue weighted by Gasteiger charge is -2.09. The molecule has 0 radical (unpaired) electrons. The Balaban J connectivity index is 1.72. The van der Waals surface area contributed by atoms with Crippen LogP contribution in [-0.2, 0) is 0 Å². The number of benzene rings is 6. The Morgan fingerprint density at radius 1 is 0.405 bits per heavy atom. The van der Waals surface area contributed by atoms with E-state index in [0.717, 1.165) is 0 Å². The number of hydrogen-bond donors (Lipinski definition) is 0. The fourth-order valence-corrected chi connectivity index (χ4v) is 7.45. The first-order valence-electron chi connectivity index (χ1n) is 12.6. The summed E-state index contributed by atoms with van der Waals surface area (Å²) in [6.45, 7) is 0. The van der Waals surface area contributed by atoms with Crippen LogP contribution in [0.2, 0.25) is 0 Å². The van der Waals surface area contributed by atoms with E-state index in [1.807, 2.05) is 0 Å². The molecule has 0 unspecified atom stereocenters. The van der Waals surface area contributed by atoms with Crippen molar-refractivity contribution in [3.8, 4) is 5.69 Å². The molecule has 0 N–H and O–H groups in total. The minimum atomic E-state index is 1.19. The minimum absolute atomic E-state index is 1.19. The summed E-state index contributed by atoms with van der Waals surface area (Å²) in [5.74, 6) is 0. The maximum absolute atomic E-state index is 2.48. The third kappa shape index (κ3) is 2.45. The Morgan fingerprint density at radius 2 is 0.919 bits per heavy atom. The molecule has 7 aromatic carbocycles. The van der Waals surface area contributed by atoms with E-state index >= 15 is 0 Å². The average molecular weight is 582 g/mol. The second-order valence-corrected chi connectivity index (χ2v) is 10.9. The highest BCUT2D eigenvalue weighted by atomic mass is 127. The molecule has 0 bridgehead atoms. The van der Waals surface area contributed by atoms with E-state index < -0.39 is 0 Å². The van der Waals surface area contributed by atoms with Gasteiger partial charge in [-0.05, 0) is 80.8 Å². The Labute approximate surface area is 226 Å². The monoisotopic (exact) mass is 582 g/mol. The minimum Gasteiger partial charge on any atom is -0.309 e. The van der Waals surface area contributed by atoms with Crippen LogP contribution in [0.3, 0.4) is 0 Å². The van der Waals surface area contributed by atoms with Crippen molar-refractivity contribution >= 4 is 98.8 Å². The molecule has 0 fully saturated rings. The van der Waals surface area contributed by atoms with E-state index in [2.05, 4.69) is 145 Å². The summed E-state index contributed by atoms with van der Waals surface area (Å²) in [4.78, 5) is 0. The Kier molecular flexibility index (Phi) is 3.80. The molecule has 0 aliphatic rings. The number of halogens is 1. The highest BCUT2D eigenvalue weighted by Gasteiger charge is 2.23. The van der Waals surface area contributed by atoms with Crippen molar-refractivity contribution in [3.63, 3.8) is 0 Å². The van der Waals surface area contributed by atoms with Crippen LogP contribution in [0.4, 0.5) is 0 Å². The fourth-order valence-electron chi connectivity index (χ4n) is 6.64. The van der Waals surface area contributed by atoms with Crippen molar-refractivity contribution < 1.29 is 0 Å². The van der Waals surface area contributed by atoms with Gasteiger partial charge in [-0.15, -0.1) is 0 Å². The summed E-state index contributed by atoms with van der Waals surface area (Å²) in [6.07, 6.45) is 0. The predicted molar refractivity (Wildman–Crippen MR) is 167 cm³/mol. The molecule has 37 heavy (non-hydrogen) atoms. The fraction of sp³-hybridized carbons (Fsp3) is 0. The van der Waals surface area contributed by atoms with Gasteiger partial charge in [-0.25, -0.2) is 0 Å². The van der Waals surface area contributed by atoms with Gasteiger partial charge in [0.15, 0.2) is 0 Å². The summed E-state index contributed by atoms with van der Waals surface area (Å²) in [5, 5.41) is 13.1. The van der Waals surface area contributed by atoms with Gasteiger partial charge in [0, 0.05) is 27.2 Å². The smallest absolute Gasteiger partial charge is 0.0646 e. The molecular weight excluding hydrogens is 563 g/mol. The molecule has 0 aliphatic carbocycles. The van der Waals surface area contributed by atoms with Gasteiger partial charge in [0.25, 0.3) is 0 Å². The molecule has 9 aromatic rings. The predicted octanol–water partition coefficient (Wildman–Crippen LogP) is 9.99. The van der Waals surface area contributed by atoms with Crippen molar-refractivity contribution in [2.75, 3.05) is 0 Å². The lowest BCUT2D eigenvalue weighted by Crippen LogP contribution is -1.92. The number of fused-ring (bicyclic) bond motifs is 4. The van der Waals surface area contributed by atoms with Gasteiger partial charge in [0.2, 0.25) is 0 Å². The van der Waals surface area contributed by atoms with E-state index in [4.69, 9.17) is 0 Å². The normalized spacial score (nSPS) is 12.5. The summed E-state index contributed by atoms with van der Waals surface area (Å²) in [7, 11) is 0. The van der Waals surface area contributed by atoms with Crippen LogP contribution in [0.25, 0.3) is 81.6 Å². The quantitative estimate of drug-likeness (QED) is 0.171. The van der Waals surface area contributed by atoms with E-state index in [0.29, 0.717) is 0 Å².